The van der Waals surface area contributed by atoms with E-state index in [1.807, 2.05) is 0 Å². The Bertz CT molecular complexity index is 280. The highest BCUT2D eigenvalue weighted by Crippen LogP contribution is 2.15. The third kappa shape index (κ3) is 3.62. The molecule has 0 atom stereocenters. The van der Waals surface area contributed by atoms with Gasteiger partial charge in [-0.1, -0.05) is 30.3 Å². The molecule has 0 saturated carbocycles. The van der Waals surface area contributed by atoms with Gasteiger partial charge in [0.25, 0.3) is 0 Å². The smallest absolute Gasteiger partial charge is 0.104 e. The quantitative estimate of drug-likeness (QED) is 0.703. The average Bonchev–Trinajstić information content (AvgIpc) is 2.36. The summed E-state index contributed by atoms with van der Waals surface area (Å²) in [4.78, 5) is 0. The number of benzene rings is 1. The third-order valence-electron chi connectivity index (χ3n) is 3.49. The summed E-state index contributed by atoms with van der Waals surface area (Å²) in [6.07, 6.45) is 0.897. The average molecular weight is 222 g/mol. The lowest BCUT2D eigenvalue weighted by Crippen LogP contribution is -2.47. The molecule has 0 aliphatic heterocycles. The van der Waals surface area contributed by atoms with Crippen molar-refractivity contribution in [1.29, 1.82) is 0 Å². The lowest BCUT2D eigenvalue weighted by atomic mass is 10.1. The maximum atomic E-state index is 8.98. The molecule has 1 aromatic rings. The number of aliphatic hydroxyl groups excluding tert-OH is 1. The van der Waals surface area contributed by atoms with Crippen LogP contribution in [0.25, 0.3) is 0 Å². The fraction of sp³-hybridized carbons (Fsp3) is 0.571. The molecule has 0 heterocycles. The standard InChI is InChI=1S/C14H24NO/c1-3-15(4-2,11-8-12-16)13-14-9-6-5-7-10-14/h5-7,9-10,16H,3-4,8,11-13H2,1-2H3/q+1. The van der Waals surface area contributed by atoms with E-state index in [9.17, 15) is 0 Å². The molecule has 90 valence electrons. The van der Waals surface area contributed by atoms with E-state index in [0.717, 1.165) is 37.1 Å². The number of hydrogen-bond acceptors (Lipinski definition) is 1. The predicted octanol–water partition coefficient (Wildman–Crippen LogP) is 2.43. The summed E-state index contributed by atoms with van der Waals surface area (Å²) >= 11 is 0. The first-order chi connectivity index (χ1) is 7.76. The SMILES string of the molecule is CC[N+](CC)(CCCO)Cc1ccccc1. The van der Waals surface area contributed by atoms with Crippen LogP contribution in [0.3, 0.4) is 0 Å². The second-order valence-corrected chi connectivity index (χ2v) is 4.42. The molecule has 0 aromatic heterocycles. The molecule has 0 spiro atoms. The van der Waals surface area contributed by atoms with E-state index in [2.05, 4.69) is 44.2 Å². The summed E-state index contributed by atoms with van der Waals surface area (Å²) in [7, 11) is 0. The minimum Gasteiger partial charge on any atom is -0.396 e. The van der Waals surface area contributed by atoms with E-state index >= 15 is 0 Å². The van der Waals surface area contributed by atoms with Crippen molar-refractivity contribution in [2.75, 3.05) is 26.2 Å². The van der Waals surface area contributed by atoms with Crippen LogP contribution in [0.4, 0.5) is 0 Å². The summed E-state index contributed by atoms with van der Waals surface area (Å²) in [5.74, 6) is 0. The zero-order valence-electron chi connectivity index (χ0n) is 10.5. The maximum absolute atomic E-state index is 8.98. The highest BCUT2D eigenvalue weighted by molar-refractivity contribution is 5.13. The van der Waals surface area contributed by atoms with Gasteiger partial charge in [0.2, 0.25) is 0 Å². The number of aliphatic hydroxyl groups is 1. The van der Waals surface area contributed by atoms with Gasteiger partial charge in [0, 0.05) is 18.6 Å². The van der Waals surface area contributed by atoms with E-state index < -0.39 is 0 Å². The Hall–Kier alpha value is -0.860. The van der Waals surface area contributed by atoms with Crippen molar-refractivity contribution in [3.8, 4) is 0 Å². The zero-order chi connectivity index (χ0) is 11.9. The molecule has 16 heavy (non-hydrogen) atoms. The predicted molar refractivity (Wildman–Crippen MR) is 68.1 cm³/mol. The van der Waals surface area contributed by atoms with Gasteiger partial charge in [-0.25, -0.2) is 0 Å². The molecule has 0 saturated heterocycles. The van der Waals surface area contributed by atoms with Crippen LogP contribution in [-0.4, -0.2) is 35.8 Å². The number of rotatable bonds is 7. The van der Waals surface area contributed by atoms with Crippen molar-refractivity contribution < 1.29 is 9.59 Å². The Morgan fingerprint density at radius 2 is 1.69 bits per heavy atom. The minimum absolute atomic E-state index is 0.300. The fourth-order valence-electron chi connectivity index (χ4n) is 2.22. The summed E-state index contributed by atoms with van der Waals surface area (Å²) < 4.78 is 1.07. The van der Waals surface area contributed by atoms with Gasteiger partial charge >= 0.3 is 0 Å². The number of nitrogens with zero attached hydrogens (tertiary/aromatic N) is 1. The Kier molecular flexibility index (Phi) is 5.50. The third-order valence-corrected chi connectivity index (χ3v) is 3.49. The minimum atomic E-state index is 0.300. The molecule has 0 bridgehead atoms. The van der Waals surface area contributed by atoms with E-state index in [4.69, 9.17) is 5.11 Å². The number of quaternary nitrogens is 1. The fourth-order valence-corrected chi connectivity index (χ4v) is 2.22. The maximum Gasteiger partial charge on any atom is 0.104 e. The Labute approximate surface area is 99.1 Å². The molecular formula is C14H24NO+. The van der Waals surface area contributed by atoms with Crippen molar-refractivity contribution in [2.24, 2.45) is 0 Å². The van der Waals surface area contributed by atoms with E-state index in [1.165, 1.54) is 5.56 Å². The second kappa shape index (κ2) is 6.66. The van der Waals surface area contributed by atoms with E-state index in [0.29, 0.717) is 6.61 Å². The van der Waals surface area contributed by atoms with Gasteiger partial charge in [-0.05, 0) is 13.8 Å². The molecule has 1 rings (SSSR count). The monoisotopic (exact) mass is 222 g/mol. The van der Waals surface area contributed by atoms with Crippen molar-refractivity contribution in [3.05, 3.63) is 35.9 Å². The number of hydrogen-bond donors (Lipinski definition) is 1. The van der Waals surface area contributed by atoms with Crippen molar-refractivity contribution in [2.45, 2.75) is 26.8 Å². The van der Waals surface area contributed by atoms with Crippen LogP contribution in [0.2, 0.25) is 0 Å². The summed E-state index contributed by atoms with van der Waals surface area (Å²) in [5.41, 5.74) is 1.39. The zero-order valence-corrected chi connectivity index (χ0v) is 10.5. The van der Waals surface area contributed by atoms with Crippen LogP contribution in [0, 0.1) is 0 Å². The van der Waals surface area contributed by atoms with Crippen LogP contribution < -0.4 is 0 Å². The van der Waals surface area contributed by atoms with Crippen LogP contribution in [0.15, 0.2) is 30.3 Å². The molecule has 2 nitrogen and oxygen atoms in total. The highest BCUT2D eigenvalue weighted by Gasteiger charge is 2.22. The highest BCUT2D eigenvalue weighted by atomic mass is 16.3. The van der Waals surface area contributed by atoms with Gasteiger partial charge in [-0.15, -0.1) is 0 Å². The normalized spacial score (nSPS) is 11.7. The largest absolute Gasteiger partial charge is 0.396 e. The van der Waals surface area contributed by atoms with E-state index in [-0.39, 0.29) is 0 Å². The topological polar surface area (TPSA) is 20.2 Å². The molecule has 0 radical (unpaired) electrons. The van der Waals surface area contributed by atoms with Gasteiger partial charge in [-0.2, -0.15) is 0 Å². The molecule has 0 unspecified atom stereocenters. The molecule has 1 N–H and O–H groups in total. The van der Waals surface area contributed by atoms with Crippen LogP contribution in [0.5, 0.6) is 0 Å². The van der Waals surface area contributed by atoms with Gasteiger partial charge in [0.15, 0.2) is 0 Å². The Morgan fingerprint density at radius 1 is 1.06 bits per heavy atom. The van der Waals surface area contributed by atoms with Gasteiger partial charge < -0.3 is 9.59 Å². The summed E-state index contributed by atoms with van der Waals surface area (Å²) in [5, 5.41) is 8.98. The van der Waals surface area contributed by atoms with Gasteiger partial charge in [0.1, 0.15) is 6.54 Å². The second-order valence-electron chi connectivity index (χ2n) is 4.42. The van der Waals surface area contributed by atoms with Crippen LogP contribution in [-0.2, 0) is 6.54 Å². The molecule has 0 amide bonds. The van der Waals surface area contributed by atoms with Crippen molar-refractivity contribution in [1.82, 2.24) is 0 Å². The van der Waals surface area contributed by atoms with Crippen LogP contribution >= 0.6 is 0 Å². The van der Waals surface area contributed by atoms with Crippen molar-refractivity contribution >= 4 is 0 Å². The van der Waals surface area contributed by atoms with Crippen molar-refractivity contribution in [3.63, 3.8) is 0 Å². The first-order valence-electron chi connectivity index (χ1n) is 6.26. The Morgan fingerprint density at radius 3 is 2.19 bits per heavy atom. The van der Waals surface area contributed by atoms with Crippen LogP contribution in [0.1, 0.15) is 25.8 Å². The molecule has 0 aliphatic carbocycles. The molecule has 1 aromatic carbocycles. The molecular weight excluding hydrogens is 198 g/mol. The van der Waals surface area contributed by atoms with Gasteiger partial charge in [-0.3, -0.25) is 0 Å². The van der Waals surface area contributed by atoms with E-state index in [1.54, 1.807) is 0 Å². The molecule has 2 heteroatoms. The summed E-state index contributed by atoms with van der Waals surface area (Å²) in [6.45, 7) is 9.19. The first kappa shape index (κ1) is 13.2. The Balaban J connectivity index is 2.70. The van der Waals surface area contributed by atoms with Gasteiger partial charge in [0.05, 0.1) is 19.6 Å². The summed E-state index contributed by atoms with van der Waals surface area (Å²) in [6, 6.07) is 10.6. The lowest BCUT2D eigenvalue weighted by Gasteiger charge is -2.37. The molecule has 0 aliphatic rings. The molecule has 0 fully saturated rings. The first-order valence-corrected chi connectivity index (χ1v) is 6.26. The lowest BCUT2D eigenvalue weighted by molar-refractivity contribution is -0.938.